The Labute approximate surface area is 294 Å². The first-order valence-electron chi connectivity index (χ1n) is 18.1. The zero-order valence-corrected chi connectivity index (χ0v) is 29.7. The molecular formula is C48H42O2. The largest absolute Gasteiger partial charge is 0.489 e. The highest BCUT2D eigenvalue weighted by Gasteiger charge is 2.37. The first-order valence-corrected chi connectivity index (χ1v) is 18.1. The quantitative estimate of drug-likeness (QED) is 0.185. The van der Waals surface area contributed by atoms with E-state index in [2.05, 4.69) is 163 Å². The normalized spacial score (nSPS) is 15.9. The Morgan fingerprint density at radius 3 is 1.94 bits per heavy atom. The van der Waals surface area contributed by atoms with Crippen molar-refractivity contribution in [2.75, 3.05) is 0 Å². The summed E-state index contributed by atoms with van der Waals surface area (Å²) < 4.78 is 14.0. The van der Waals surface area contributed by atoms with Gasteiger partial charge in [-0.2, -0.15) is 0 Å². The minimum atomic E-state index is 0.0990. The van der Waals surface area contributed by atoms with E-state index in [9.17, 15) is 0 Å². The molecule has 0 amide bonds. The molecule has 50 heavy (non-hydrogen) atoms. The van der Waals surface area contributed by atoms with Crippen molar-refractivity contribution in [3.05, 3.63) is 138 Å². The maximum atomic E-state index is 7.05. The lowest BCUT2D eigenvalue weighted by atomic mass is 9.84. The van der Waals surface area contributed by atoms with Crippen molar-refractivity contribution in [3.8, 4) is 39.1 Å². The van der Waals surface area contributed by atoms with Crippen LogP contribution >= 0.6 is 0 Å². The molecule has 0 spiro atoms. The molecule has 2 nitrogen and oxygen atoms in total. The maximum absolute atomic E-state index is 7.05. The van der Waals surface area contributed by atoms with Crippen molar-refractivity contribution in [1.82, 2.24) is 0 Å². The van der Waals surface area contributed by atoms with Gasteiger partial charge in [0.2, 0.25) is 0 Å². The predicted octanol–water partition coefficient (Wildman–Crippen LogP) is 13.8. The zero-order chi connectivity index (χ0) is 34.3. The average molecular weight is 651 g/mol. The van der Waals surface area contributed by atoms with Crippen LogP contribution in [0.5, 0.6) is 5.75 Å². The molecule has 1 aromatic heterocycles. The van der Waals surface area contributed by atoms with Gasteiger partial charge < -0.3 is 9.15 Å². The van der Waals surface area contributed by atoms with Crippen LogP contribution < -0.4 is 4.74 Å². The van der Waals surface area contributed by atoms with E-state index in [0.717, 1.165) is 27.9 Å². The summed E-state index contributed by atoms with van der Waals surface area (Å²) in [6.45, 7) is 13.5. The van der Waals surface area contributed by atoms with Crippen molar-refractivity contribution in [2.45, 2.75) is 59.5 Å². The van der Waals surface area contributed by atoms with Crippen LogP contribution in [0.2, 0.25) is 0 Å². The summed E-state index contributed by atoms with van der Waals surface area (Å²) in [5.74, 6) is 2.95. The molecule has 0 aliphatic carbocycles. The predicted molar refractivity (Wildman–Crippen MR) is 212 cm³/mol. The molecule has 0 saturated heterocycles. The number of rotatable bonds is 5. The maximum Gasteiger partial charge on any atom is 0.143 e. The fourth-order valence-corrected chi connectivity index (χ4v) is 8.56. The van der Waals surface area contributed by atoms with Crippen LogP contribution in [-0.2, 0) is 0 Å². The molecule has 2 heterocycles. The third-order valence-electron chi connectivity index (χ3n) is 11.1. The Hall–Kier alpha value is -5.34. The summed E-state index contributed by atoms with van der Waals surface area (Å²) in [4.78, 5) is 0. The van der Waals surface area contributed by atoms with Crippen LogP contribution in [0.15, 0.2) is 126 Å². The number of hydrogen-bond acceptors (Lipinski definition) is 2. The topological polar surface area (TPSA) is 22.4 Å². The first-order chi connectivity index (χ1) is 24.3. The van der Waals surface area contributed by atoms with E-state index >= 15 is 0 Å². The second kappa shape index (κ2) is 11.6. The van der Waals surface area contributed by atoms with Crippen LogP contribution in [0.4, 0.5) is 0 Å². The lowest BCUT2D eigenvalue weighted by molar-refractivity contribution is 0.160. The summed E-state index contributed by atoms with van der Waals surface area (Å²) >= 11 is 0. The lowest BCUT2D eigenvalue weighted by Crippen LogP contribution is -2.23. The smallest absolute Gasteiger partial charge is 0.143 e. The molecule has 0 saturated carbocycles. The van der Waals surface area contributed by atoms with E-state index in [4.69, 9.17) is 9.15 Å². The molecule has 8 aromatic rings. The fourth-order valence-electron chi connectivity index (χ4n) is 8.56. The Kier molecular flexibility index (Phi) is 7.14. The standard InChI is InChI=1S/C48H42O2/c1-27(2)45-29(5)39-25-41(34-21-19-33(20-22-34)38-17-11-15-32-13-9-10-16-37(32)38)43-44(48(39)50-45)42(26-40-30(6)46(28(3)4)49-47(40)43)36-23-18-31-12-7-8-14-35(31)24-36/h7-28,30,46H,1-6H3. The van der Waals surface area contributed by atoms with Gasteiger partial charge in [0.25, 0.3) is 0 Å². The second-order valence-corrected chi connectivity index (χ2v) is 14.9. The van der Waals surface area contributed by atoms with E-state index < -0.39 is 0 Å². The molecule has 2 unspecified atom stereocenters. The van der Waals surface area contributed by atoms with E-state index in [1.54, 1.807) is 0 Å². The van der Waals surface area contributed by atoms with E-state index in [1.807, 2.05) is 0 Å². The van der Waals surface area contributed by atoms with Crippen LogP contribution in [0.1, 0.15) is 63.3 Å². The van der Waals surface area contributed by atoms with Gasteiger partial charge in [-0.1, -0.05) is 138 Å². The highest BCUT2D eigenvalue weighted by Crippen LogP contribution is 2.54. The van der Waals surface area contributed by atoms with Crippen LogP contribution in [-0.4, -0.2) is 6.10 Å². The SMILES string of the molecule is Cc1c(C(C)C)oc2c1cc(-c1ccc(-c3cccc4ccccc34)cc1)c1c3c(cc(-c4ccc5ccccc5c4)c12)C(C)C(C(C)C)O3. The van der Waals surface area contributed by atoms with Gasteiger partial charge in [0, 0.05) is 33.6 Å². The summed E-state index contributed by atoms with van der Waals surface area (Å²) in [6, 6.07) is 44.6. The highest BCUT2D eigenvalue weighted by molar-refractivity contribution is 6.21. The minimum Gasteiger partial charge on any atom is -0.489 e. The van der Waals surface area contributed by atoms with Gasteiger partial charge >= 0.3 is 0 Å². The molecule has 246 valence electrons. The van der Waals surface area contributed by atoms with Crippen molar-refractivity contribution < 1.29 is 9.15 Å². The third-order valence-corrected chi connectivity index (χ3v) is 11.1. The summed E-state index contributed by atoms with van der Waals surface area (Å²) in [6.07, 6.45) is 0.0990. The number of aryl methyl sites for hydroxylation is 1. The van der Waals surface area contributed by atoms with E-state index in [-0.39, 0.29) is 17.9 Å². The summed E-state index contributed by atoms with van der Waals surface area (Å²) in [5.41, 5.74) is 10.7. The molecule has 1 aliphatic rings. The van der Waals surface area contributed by atoms with Crippen molar-refractivity contribution in [2.24, 2.45) is 5.92 Å². The first kappa shape index (κ1) is 30.7. The van der Waals surface area contributed by atoms with Crippen molar-refractivity contribution >= 4 is 43.3 Å². The van der Waals surface area contributed by atoms with Crippen molar-refractivity contribution in [1.29, 1.82) is 0 Å². The van der Waals surface area contributed by atoms with Gasteiger partial charge in [-0.05, 0) is 91.5 Å². The number of hydrogen-bond donors (Lipinski definition) is 0. The van der Waals surface area contributed by atoms with Gasteiger partial charge in [0.15, 0.2) is 0 Å². The van der Waals surface area contributed by atoms with Gasteiger partial charge in [0.05, 0.1) is 0 Å². The lowest BCUT2D eigenvalue weighted by Gasteiger charge is -2.19. The molecule has 9 rings (SSSR count). The summed E-state index contributed by atoms with van der Waals surface area (Å²) in [5, 5.41) is 8.45. The molecule has 0 bridgehead atoms. The Morgan fingerprint density at radius 1 is 0.560 bits per heavy atom. The molecule has 2 atom stereocenters. The molecule has 7 aromatic carbocycles. The monoisotopic (exact) mass is 650 g/mol. The summed E-state index contributed by atoms with van der Waals surface area (Å²) in [7, 11) is 0. The number of benzene rings is 7. The van der Waals surface area contributed by atoms with Crippen LogP contribution in [0.3, 0.4) is 0 Å². The second-order valence-electron chi connectivity index (χ2n) is 14.9. The molecule has 1 aliphatic heterocycles. The molecule has 0 fully saturated rings. The van der Waals surface area contributed by atoms with Gasteiger partial charge in [-0.25, -0.2) is 0 Å². The number of ether oxygens (including phenoxy) is 1. The Morgan fingerprint density at radius 2 is 1.20 bits per heavy atom. The Bertz CT molecular complexity index is 2590. The van der Waals surface area contributed by atoms with Crippen LogP contribution in [0, 0.1) is 12.8 Å². The fraction of sp³-hybridized carbons (Fsp3) is 0.208. The average Bonchev–Trinajstić information content (AvgIpc) is 3.66. The number of furan rings is 1. The molecular weight excluding hydrogens is 609 g/mol. The van der Waals surface area contributed by atoms with Crippen molar-refractivity contribution in [3.63, 3.8) is 0 Å². The molecule has 0 N–H and O–H groups in total. The van der Waals surface area contributed by atoms with Gasteiger partial charge in [-0.15, -0.1) is 0 Å². The molecule has 0 radical (unpaired) electrons. The minimum absolute atomic E-state index is 0.0990. The zero-order valence-electron chi connectivity index (χ0n) is 29.7. The van der Waals surface area contributed by atoms with E-state index in [1.165, 1.54) is 71.4 Å². The van der Waals surface area contributed by atoms with Gasteiger partial charge in [-0.3, -0.25) is 0 Å². The Balaban J connectivity index is 1.37. The molecule has 2 heteroatoms. The van der Waals surface area contributed by atoms with Gasteiger partial charge in [0.1, 0.15) is 23.2 Å². The number of fused-ring (bicyclic) bond motifs is 7. The van der Waals surface area contributed by atoms with Crippen LogP contribution in [0.25, 0.3) is 76.7 Å². The van der Waals surface area contributed by atoms with E-state index in [0.29, 0.717) is 5.92 Å². The third kappa shape index (κ3) is 4.69. The highest BCUT2D eigenvalue weighted by atomic mass is 16.5.